The number of nitrogens with one attached hydrogen (secondary N) is 1. The lowest BCUT2D eigenvalue weighted by atomic mass is 9.84. The van der Waals surface area contributed by atoms with Crippen LogP contribution < -0.4 is 5.32 Å². The highest BCUT2D eigenvalue weighted by Crippen LogP contribution is 2.29. The van der Waals surface area contributed by atoms with Crippen molar-refractivity contribution in [3.05, 3.63) is 70.8 Å². The normalized spacial score (nSPS) is 33.0. The Kier molecular flexibility index (Phi) is 16.8. The Morgan fingerprint density at radius 1 is 0.837 bits per heavy atom. The molecule has 1 heterocycles. The van der Waals surface area contributed by atoms with Gasteiger partial charge in [0.1, 0.15) is 12.1 Å². The molecule has 0 spiro atoms. The van der Waals surface area contributed by atoms with Crippen molar-refractivity contribution < 1.29 is 29.6 Å². The fourth-order valence-corrected chi connectivity index (χ4v) is 5.81. The van der Waals surface area contributed by atoms with Gasteiger partial charge in [-0.15, -0.1) is 0 Å². The lowest BCUT2D eigenvalue weighted by Crippen LogP contribution is -2.46. The third-order valence-corrected chi connectivity index (χ3v) is 8.53. The number of esters is 1. The van der Waals surface area contributed by atoms with E-state index in [1.807, 2.05) is 77.1 Å². The summed E-state index contributed by atoms with van der Waals surface area (Å²) in [7, 11) is 1.00. The minimum absolute atomic E-state index is 0.0671. The molecule has 4 N–H and O–H groups in total. The predicted molar refractivity (Wildman–Crippen MR) is 174 cm³/mol. The van der Waals surface area contributed by atoms with Gasteiger partial charge in [-0.3, -0.25) is 4.79 Å². The molecule has 7 nitrogen and oxygen atoms in total. The van der Waals surface area contributed by atoms with E-state index in [4.69, 9.17) is 9.84 Å². The van der Waals surface area contributed by atoms with Crippen molar-refractivity contribution >= 4 is 11.9 Å². The van der Waals surface area contributed by atoms with Crippen LogP contribution in [0.4, 0.5) is 0 Å². The van der Waals surface area contributed by atoms with Gasteiger partial charge in [-0.1, -0.05) is 96.5 Å². The number of ether oxygens (including phenoxy) is 1. The number of carbonyl (C=O) groups is 2. The summed E-state index contributed by atoms with van der Waals surface area (Å²) < 4.78 is 6.28. The third-order valence-electron chi connectivity index (χ3n) is 8.53. The summed E-state index contributed by atoms with van der Waals surface area (Å²) in [5.41, 5.74) is 2.86. The molecule has 1 aliphatic heterocycles. The first-order valence-corrected chi connectivity index (χ1v) is 15.7. The van der Waals surface area contributed by atoms with Gasteiger partial charge in [0.05, 0.1) is 12.2 Å². The number of rotatable bonds is 6. The summed E-state index contributed by atoms with van der Waals surface area (Å²) in [6.45, 7) is 17.7. The van der Waals surface area contributed by atoms with Crippen LogP contribution in [0.25, 0.3) is 0 Å². The molecule has 1 aromatic carbocycles. The Bertz CT molecular complexity index is 1090. The average Bonchev–Trinajstić information content (AvgIpc) is 2.98. The van der Waals surface area contributed by atoms with Crippen LogP contribution in [0.3, 0.4) is 0 Å². The summed E-state index contributed by atoms with van der Waals surface area (Å²) in [5, 5.41) is 32.1. The zero-order valence-corrected chi connectivity index (χ0v) is 28.0. The Morgan fingerprint density at radius 2 is 1.35 bits per heavy atom. The van der Waals surface area contributed by atoms with Gasteiger partial charge in [-0.25, -0.2) is 4.79 Å². The highest BCUT2D eigenvalue weighted by atomic mass is 16.5. The van der Waals surface area contributed by atoms with Gasteiger partial charge in [0.2, 0.25) is 5.91 Å². The molecular weight excluding hydrogens is 542 g/mol. The van der Waals surface area contributed by atoms with Crippen molar-refractivity contribution in [1.82, 2.24) is 5.32 Å². The number of carbonyl (C=O) groups excluding carboxylic acids is 2. The first kappa shape index (κ1) is 38.3. The van der Waals surface area contributed by atoms with E-state index in [9.17, 15) is 19.8 Å². The number of hydrogen-bond acceptors (Lipinski definition) is 6. The fraction of sp³-hybridized carbons (Fsp3) is 0.611. The third kappa shape index (κ3) is 12.0. The van der Waals surface area contributed by atoms with Crippen molar-refractivity contribution in [2.45, 2.75) is 106 Å². The van der Waals surface area contributed by atoms with Crippen LogP contribution in [-0.2, 0) is 20.7 Å². The Balaban J connectivity index is 0.00000452. The van der Waals surface area contributed by atoms with E-state index in [1.165, 1.54) is 0 Å². The van der Waals surface area contributed by atoms with E-state index in [-0.39, 0.29) is 29.6 Å². The van der Waals surface area contributed by atoms with Crippen LogP contribution >= 0.6 is 0 Å². The monoisotopic (exact) mass is 599 g/mol. The predicted octanol–water partition coefficient (Wildman–Crippen LogP) is 5.79. The molecule has 0 unspecified atom stereocenters. The van der Waals surface area contributed by atoms with Crippen LogP contribution in [0.5, 0.6) is 0 Å². The van der Waals surface area contributed by atoms with E-state index in [0.717, 1.165) is 36.7 Å². The second-order valence-corrected chi connectivity index (χ2v) is 12.5. The van der Waals surface area contributed by atoms with Crippen molar-refractivity contribution in [1.29, 1.82) is 0 Å². The number of aliphatic hydroxyl groups is 3. The van der Waals surface area contributed by atoms with E-state index in [0.29, 0.717) is 17.9 Å². The van der Waals surface area contributed by atoms with Gasteiger partial charge in [0, 0.05) is 36.9 Å². The second kappa shape index (κ2) is 18.8. The molecule has 9 atom stereocenters. The van der Waals surface area contributed by atoms with E-state index in [1.54, 1.807) is 13.0 Å². The number of hydrogen-bond donors (Lipinski definition) is 4. The summed E-state index contributed by atoms with van der Waals surface area (Å²) in [6, 6.07) is 8.70. The van der Waals surface area contributed by atoms with Crippen LogP contribution in [-0.4, -0.2) is 58.7 Å². The van der Waals surface area contributed by atoms with Crippen molar-refractivity contribution in [3.63, 3.8) is 0 Å². The summed E-state index contributed by atoms with van der Waals surface area (Å²) >= 11 is 0. The molecule has 1 aromatic rings. The first-order chi connectivity index (χ1) is 20.2. The van der Waals surface area contributed by atoms with Gasteiger partial charge in [0.15, 0.2) is 0 Å². The Hall–Kier alpha value is -2.74. The Morgan fingerprint density at radius 3 is 1.88 bits per heavy atom. The topological polar surface area (TPSA) is 116 Å². The summed E-state index contributed by atoms with van der Waals surface area (Å²) in [4.78, 5) is 27.1. The van der Waals surface area contributed by atoms with Crippen molar-refractivity contribution in [2.75, 3.05) is 7.11 Å². The average molecular weight is 600 g/mol. The molecular formula is C36H57NO6. The maximum absolute atomic E-state index is 13.8. The molecule has 43 heavy (non-hydrogen) atoms. The quantitative estimate of drug-likeness (QED) is 0.243. The lowest BCUT2D eigenvalue weighted by molar-refractivity contribution is -0.157. The lowest BCUT2D eigenvalue weighted by Gasteiger charge is -2.32. The van der Waals surface area contributed by atoms with Gasteiger partial charge >= 0.3 is 5.97 Å². The molecule has 2 rings (SSSR count). The maximum atomic E-state index is 13.8. The number of amides is 1. The van der Waals surface area contributed by atoms with Gasteiger partial charge < -0.3 is 25.4 Å². The van der Waals surface area contributed by atoms with Gasteiger partial charge in [-0.2, -0.15) is 0 Å². The van der Waals surface area contributed by atoms with Crippen LogP contribution in [0, 0.1) is 29.6 Å². The molecule has 0 fully saturated rings. The van der Waals surface area contributed by atoms with Crippen molar-refractivity contribution in [2.24, 2.45) is 29.6 Å². The molecule has 0 saturated heterocycles. The molecule has 1 amide bonds. The van der Waals surface area contributed by atoms with Crippen molar-refractivity contribution in [3.8, 4) is 0 Å². The first-order valence-electron chi connectivity index (χ1n) is 15.7. The fourth-order valence-electron chi connectivity index (χ4n) is 5.81. The Labute approximate surface area is 260 Å². The second-order valence-electron chi connectivity index (χ2n) is 12.5. The molecule has 0 saturated carbocycles. The molecule has 0 aliphatic carbocycles. The summed E-state index contributed by atoms with van der Waals surface area (Å²) in [5.74, 6) is -1.07. The van der Waals surface area contributed by atoms with Crippen LogP contribution in [0.2, 0.25) is 0 Å². The number of aliphatic hydroxyl groups excluding tert-OH is 3. The largest absolute Gasteiger partial charge is 0.460 e. The highest BCUT2D eigenvalue weighted by molar-refractivity contribution is 5.95. The SMILES string of the molecule is CC[C@H](C)C[C@H](C)[C@H]1OC(=O)[C@H](Cc2ccccc2)NC(=O)/C(C)=C/[C@H](C)[C@H](O)/C(C)=C/[C@H](C)[C@H](O)/C(C)=C/[C@@H]1C.CO. The molecule has 0 aromatic heterocycles. The van der Waals surface area contributed by atoms with Gasteiger partial charge in [-0.05, 0) is 55.7 Å². The van der Waals surface area contributed by atoms with Gasteiger partial charge in [0.25, 0.3) is 0 Å². The number of cyclic esters (lactones) is 1. The molecule has 1 aliphatic rings. The minimum Gasteiger partial charge on any atom is -0.460 e. The molecule has 0 bridgehead atoms. The van der Waals surface area contributed by atoms with Crippen LogP contribution in [0.1, 0.15) is 80.7 Å². The maximum Gasteiger partial charge on any atom is 0.329 e. The van der Waals surface area contributed by atoms with Crippen LogP contribution in [0.15, 0.2) is 65.3 Å². The molecule has 7 heteroatoms. The molecule has 0 radical (unpaired) electrons. The smallest absolute Gasteiger partial charge is 0.329 e. The van der Waals surface area contributed by atoms with E-state index < -0.39 is 30.3 Å². The standard InChI is InChI=1S/C35H53NO5.CH4O/c1-10-21(2)16-26(7)33-27(8)18-24(5)31(37)22(3)17-23(4)32(38)25(6)19-28(9)34(39)36-30(35(40)41-33)20-29-14-12-11-13-15-29;1-2/h11-15,17-19,21-22,25-27,30-33,37-38H,10,16,20H2,1-9H3,(H,36,39);2H,1H3/b23-17+,24-18+,28-19+;/t21-,22-,25-,26-,27-,30-,31-,32+,33+;/m0./s1. The zero-order valence-electron chi connectivity index (χ0n) is 28.0. The highest BCUT2D eigenvalue weighted by Gasteiger charge is 2.32. The molecule has 242 valence electrons. The summed E-state index contributed by atoms with van der Waals surface area (Å²) in [6.07, 6.45) is 5.84. The number of benzene rings is 1. The van der Waals surface area contributed by atoms with E-state index in [2.05, 4.69) is 26.1 Å². The minimum atomic E-state index is -0.882. The van der Waals surface area contributed by atoms with E-state index >= 15 is 0 Å². The zero-order chi connectivity index (χ0) is 32.9.